The number of hydrogen-bond donors (Lipinski definition) is 0. The minimum Gasteiger partial charge on any atom is -0.493 e. The molecule has 29 heavy (non-hydrogen) atoms. The van der Waals surface area contributed by atoms with Crippen LogP contribution >= 0.6 is 11.3 Å². The van der Waals surface area contributed by atoms with Gasteiger partial charge in [0.1, 0.15) is 0 Å². The standard InChI is InChI=1S/C21H20N4O3S/c1-13(2)12-28-16-5-4-14(10-17(16)27-3)11-18-20(26)25-21(29-18)23-19(24-25)15-6-8-22-9-7-15/h4-11,13H,12H2,1-3H3/b18-11-. The molecule has 0 fully saturated rings. The van der Waals surface area contributed by atoms with E-state index in [1.807, 2.05) is 36.4 Å². The number of fused-ring (bicyclic) bond motifs is 1. The van der Waals surface area contributed by atoms with Gasteiger partial charge in [0.05, 0.1) is 18.2 Å². The zero-order chi connectivity index (χ0) is 20.4. The molecular formula is C21H20N4O3S. The highest BCUT2D eigenvalue weighted by atomic mass is 32.1. The van der Waals surface area contributed by atoms with Crippen molar-refractivity contribution >= 4 is 22.4 Å². The average Bonchev–Trinajstić information content (AvgIpc) is 3.27. The van der Waals surface area contributed by atoms with Crippen LogP contribution in [0.15, 0.2) is 47.5 Å². The highest BCUT2D eigenvalue weighted by Crippen LogP contribution is 2.28. The fourth-order valence-corrected chi connectivity index (χ4v) is 3.67. The van der Waals surface area contributed by atoms with Crippen molar-refractivity contribution in [2.24, 2.45) is 5.92 Å². The second-order valence-corrected chi connectivity index (χ2v) is 7.91. The Morgan fingerprint density at radius 1 is 1.17 bits per heavy atom. The molecule has 0 spiro atoms. The molecule has 0 saturated carbocycles. The molecule has 0 amide bonds. The Hall–Kier alpha value is -3.26. The van der Waals surface area contributed by atoms with Gasteiger partial charge in [-0.25, -0.2) is 0 Å². The first-order valence-corrected chi connectivity index (χ1v) is 9.99. The van der Waals surface area contributed by atoms with Gasteiger partial charge in [-0.2, -0.15) is 9.50 Å². The van der Waals surface area contributed by atoms with Crippen LogP contribution in [-0.4, -0.2) is 33.3 Å². The molecule has 0 bridgehead atoms. The first kappa shape index (κ1) is 19.1. The molecule has 3 heterocycles. The number of rotatable bonds is 6. The van der Waals surface area contributed by atoms with Gasteiger partial charge in [-0.05, 0) is 41.8 Å². The lowest BCUT2D eigenvalue weighted by Gasteiger charge is -2.12. The molecule has 0 aliphatic rings. The molecule has 7 nitrogen and oxygen atoms in total. The predicted octanol–water partition coefficient (Wildman–Crippen LogP) is 2.80. The summed E-state index contributed by atoms with van der Waals surface area (Å²) in [5.74, 6) is 2.24. The maximum atomic E-state index is 12.7. The molecule has 0 atom stereocenters. The van der Waals surface area contributed by atoms with Crippen LogP contribution in [0.2, 0.25) is 0 Å². The topological polar surface area (TPSA) is 78.6 Å². The third-order valence-electron chi connectivity index (χ3n) is 4.18. The Balaban J connectivity index is 1.68. The van der Waals surface area contributed by atoms with E-state index in [1.165, 1.54) is 15.9 Å². The van der Waals surface area contributed by atoms with Gasteiger partial charge in [0.25, 0.3) is 5.56 Å². The van der Waals surface area contributed by atoms with E-state index in [1.54, 1.807) is 19.5 Å². The van der Waals surface area contributed by atoms with Crippen LogP contribution in [0.5, 0.6) is 11.5 Å². The lowest BCUT2D eigenvalue weighted by molar-refractivity contribution is 0.257. The fourth-order valence-electron chi connectivity index (χ4n) is 2.76. The van der Waals surface area contributed by atoms with Crippen LogP contribution in [0.25, 0.3) is 22.4 Å². The first-order valence-electron chi connectivity index (χ1n) is 9.17. The maximum absolute atomic E-state index is 12.7. The molecule has 0 N–H and O–H groups in total. The second kappa shape index (κ2) is 8.00. The van der Waals surface area contributed by atoms with Crippen molar-refractivity contribution < 1.29 is 9.47 Å². The SMILES string of the molecule is COc1cc(/C=c2\sc3nc(-c4ccncc4)nn3c2=O)ccc1OCC(C)C. The van der Waals surface area contributed by atoms with E-state index < -0.39 is 0 Å². The number of thiazole rings is 1. The lowest BCUT2D eigenvalue weighted by atomic mass is 10.2. The van der Waals surface area contributed by atoms with Gasteiger partial charge in [-0.15, -0.1) is 5.10 Å². The van der Waals surface area contributed by atoms with Crippen LogP contribution < -0.4 is 19.6 Å². The van der Waals surface area contributed by atoms with Gasteiger partial charge < -0.3 is 9.47 Å². The molecule has 148 valence electrons. The first-order chi connectivity index (χ1) is 14.0. The van der Waals surface area contributed by atoms with Crippen molar-refractivity contribution in [3.05, 3.63) is 63.2 Å². The number of nitrogens with zero attached hydrogens (tertiary/aromatic N) is 4. The molecule has 8 heteroatoms. The number of pyridine rings is 1. The molecule has 0 aliphatic carbocycles. The third-order valence-corrected chi connectivity index (χ3v) is 5.14. The van der Waals surface area contributed by atoms with Crippen molar-refractivity contribution in [1.29, 1.82) is 0 Å². The van der Waals surface area contributed by atoms with Crippen LogP contribution in [0, 0.1) is 5.92 Å². The minimum atomic E-state index is -0.197. The monoisotopic (exact) mass is 408 g/mol. The average molecular weight is 408 g/mol. The normalized spacial score (nSPS) is 12.1. The van der Waals surface area contributed by atoms with E-state index in [9.17, 15) is 4.79 Å². The Morgan fingerprint density at radius 3 is 2.66 bits per heavy atom. The van der Waals surface area contributed by atoms with E-state index in [-0.39, 0.29) is 5.56 Å². The van der Waals surface area contributed by atoms with Gasteiger partial charge in [0.2, 0.25) is 4.96 Å². The van der Waals surface area contributed by atoms with E-state index in [0.29, 0.717) is 39.3 Å². The number of aromatic nitrogens is 4. The van der Waals surface area contributed by atoms with E-state index >= 15 is 0 Å². The zero-order valence-electron chi connectivity index (χ0n) is 16.3. The quantitative estimate of drug-likeness (QED) is 0.488. The second-order valence-electron chi connectivity index (χ2n) is 6.90. The van der Waals surface area contributed by atoms with E-state index in [4.69, 9.17) is 9.47 Å². The molecular weight excluding hydrogens is 388 g/mol. The highest BCUT2D eigenvalue weighted by molar-refractivity contribution is 7.15. The summed E-state index contributed by atoms with van der Waals surface area (Å²) in [4.78, 5) is 21.8. The van der Waals surface area contributed by atoms with Crippen molar-refractivity contribution in [2.45, 2.75) is 13.8 Å². The molecule has 4 rings (SSSR count). The summed E-state index contributed by atoms with van der Waals surface area (Å²) in [5.41, 5.74) is 1.47. The van der Waals surface area contributed by atoms with Gasteiger partial charge in [-0.3, -0.25) is 9.78 Å². The fraction of sp³-hybridized carbons (Fsp3) is 0.238. The Labute approximate surface area is 171 Å². The number of methoxy groups -OCH3 is 1. The smallest absolute Gasteiger partial charge is 0.291 e. The third kappa shape index (κ3) is 3.97. The summed E-state index contributed by atoms with van der Waals surface area (Å²) in [5, 5.41) is 4.34. The number of hydrogen-bond acceptors (Lipinski definition) is 7. The summed E-state index contributed by atoms with van der Waals surface area (Å²) in [6, 6.07) is 9.23. The summed E-state index contributed by atoms with van der Waals surface area (Å²) in [6.45, 7) is 4.79. The highest BCUT2D eigenvalue weighted by Gasteiger charge is 2.12. The van der Waals surface area contributed by atoms with Crippen LogP contribution in [0.3, 0.4) is 0 Å². The summed E-state index contributed by atoms with van der Waals surface area (Å²) in [7, 11) is 1.60. The van der Waals surface area contributed by atoms with E-state index in [0.717, 1.165) is 11.1 Å². The van der Waals surface area contributed by atoms with Crippen LogP contribution in [0.1, 0.15) is 19.4 Å². The molecule has 4 aromatic rings. The molecule has 3 aromatic heterocycles. The maximum Gasteiger partial charge on any atom is 0.291 e. The van der Waals surface area contributed by atoms with Crippen LogP contribution in [-0.2, 0) is 0 Å². The van der Waals surface area contributed by atoms with Gasteiger partial charge in [-0.1, -0.05) is 31.3 Å². The van der Waals surface area contributed by atoms with Crippen molar-refractivity contribution in [3.8, 4) is 22.9 Å². The van der Waals surface area contributed by atoms with Crippen molar-refractivity contribution in [3.63, 3.8) is 0 Å². The Bertz CT molecular complexity index is 1250. The molecule has 0 unspecified atom stereocenters. The van der Waals surface area contributed by atoms with Crippen molar-refractivity contribution in [2.75, 3.05) is 13.7 Å². The van der Waals surface area contributed by atoms with Gasteiger partial charge >= 0.3 is 0 Å². The molecule has 0 aliphatic heterocycles. The molecule has 1 aromatic carbocycles. The number of benzene rings is 1. The molecule has 0 saturated heterocycles. The molecule has 0 radical (unpaired) electrons. The summed E-state index contributed by atoms with van der Waals surface area (Å²) < 4.78 is 13.1. The van der Waals surface area contributed by atoms with E-state index in [2.05, 4.69) is 28.9 Å². The summed E-state index contributed by atoms with van der Waals surface area (Å²) >= 11 is 1.30. The Kier molecular flexibility index (Phi) is 5.26. The predicted molar refractivity (Wildman–Crippen MR) is 112 cm³/mol. The van der Waals surface area contributed by atoms with Gasteiger partial charge in [0, 0.05) is 18.0 Å². The van der Waals surface area contributed by atoms with Gasteiger partial charge in [0.15, 0.2) is 17.3 Å². The number of ether oxygens (including phenoxy) is 2. The van der Waals surface area contributed by atoms with Crippen molar-refractivity contribution in [1.82, 2.24) is 19.6 Å². The minimum absolute atomic E-state index is 0.197. The largest absolute Gasteiger partial charge is 0.493 e. The van der Waals surface area contributed by atoms with Crippen LogP contribution in [0.4, 0.5) is 0 Å². The summed E-state index contributed by atoms with van der Waals surface area (Å²) in [6.07, 6.45) is 5.15. The lowest BCUT2D eigenvalue weighted by Crippen LogP contribution is -2.23. The zero-order valence-corrected chi connectivity index (χ0v) is 17.1. The Morgan fingerprint density at radius 2 is 1.97 bits per heavy atom.